The standard InChI is InChI=1S/C12H16ClN3O/c13-9-2-1-3-10(11(9)12(14)17)16-7-8-4-5-15-6-8/h1-3,8,15-16H,4-7H2,(H2,14,17). The lowest BCUT2D eigenvalue weighted by Crippen LogP contribution is -2.20. The van der Waals surface area contributed by atoms with Crippen LogP contribution in [-0.4, -0.2) is 25.5 Å². The summed E-state index contributed by atoms with van der Waals surface area (Å²) in [6.07, 6.45) is 1.15. The number of carbonyl (C=O) groups excluding carboxylic acids is 1. The molecule has 1 aliphatic rings. The number of nitrogens with two attached hydrogens (primary N) is 1. The molecule has 1 amide bonds. The minimum Gasteiger partial charge on any atom is -0.384 e. The Bertz CT molecular complexity index is 416. The van der Waals surface area contributed by atoms with Gasteiger partial charge in [0.05, 0.1) is 10.6 Å². The minimum atomic E-state index is -0.498. The summed E-state index contributed by atoms with van der Waals surface area (Å²) in [5.41, 5.74) is 6.42. The van der Waals surface area contributed by atoms with E-state index in [0.29, 0.717) is 16.5 Å². The molecule has 4 nitrogen and oxygen atoms in total. The van der Waals surface area contributed by atoms with Gasteiger partial charge in [0.15, 0.2) is 0 Å². The van der Waals surface area contributed by atoms with E-state index in [0.717, 1.165) is 31.7 Å². The lowest BCUT2D eigenvalue weighted by molar-refractivity contribution is 0.100. The molecule has 1 aromatic carbocycles. The van der Waals surface area contributed by atoms with Crippen LogP contribution < -0.4 is 16.4 Å². The van der Waals surface area contributed by atoms with Gasteiger partial charge >= 0.3 is 0 Å². The molecule has 1 atom stereocenters. The van der Waals surface area contributed by atoms with Gasteiger partial charge in [0.2, 0.25) is 0 Å². The second kappa shape index (κ2) is 5.38. The summed E-state index contributed by atoms with van der Waals surface area (Å²) >= 11 is 5.97. The molecule has 1 saturated heterocycles. The molecule has 1 heterocycles. The van der Waals surface area contributed by atoms with Crippen molar-refractivity contribution in [2.75, 3.05) is 25.0 Å². The van der Waals surface area contributed by atoms with Crippen LogP contribution in [0, 0.1) is 5.92 Å². The number of primary amides is 1. The summed E-state index contributed by atoms with van der Waals surface area (Å²) in [6, 6.07) is 5.31. The predicted molar refractivity (Wildman–Crippen MR) is 69.4 cm³/mol. The van der Waals surface area contributed by atoms with Gasteiger partial charge in [0.25, 0.3) is 5.91 Å². The van der Waals surface area contributed by atoms with Crippen LogP contribution in [0.25, 0.3) is 0 Å². The molecule has 0 aliphatic carbocycles. The van der Waals surface area contributed by atoms with E-state index >= 15 is 0 Å². The quantitative estimate of drug-likeness (QED) is 0.761. The van der Waals surface area contributed by atoms with Crippen molar-refractivity contribution in [2.45, 2.75) is 6.42 Å². The van der Waals surface area contributed by atoms with E-state index in [1.54, 1.807) is 6.07 Å². The fraction of sp³-hybridized carbons (Fsp3) is 0.417. The topological polar surface area (TPSA) is 67.2 Å². The summed E-state index contributed by atoms with van der Waals surface area (Å²) in [5.74, 6) is 0.0948. The lowest BCUT2D eigenvalue weighted by Gasteiger charge is -2.14. The predicted octanol–water partition coefficient (Wildman–Crippen LogP) is 1.46. The van der Waals surface area contributed by atoms with Crippen LogP contribution in [0.2, 0.25) is 5.02 Å². The first-order valence-electron chi connectivity index (χ1n) is 5.71. The van der Waals surface area contributed by atoms with Gasteiger partial charge in [-0.2, -0.15) is 0 Å². The molecule has 0 saturated carbocycles. The number of benzene rings is 1. The van der Waals surface area contributed by atoms with Crippen molar-refractivity contribution in [1.29, 1.82) is 0 Å². The molecule has 0 aromatic heterocycles. The molecule has 1 aromatic rings. The van der Waals surface area contributed by atoms with Crippen LogP contribution in [0.5, 0.6) is 0 Å². The third-order valence-electron chi connectivity index (χ3n) is 3.00. The number of halogens is 1. The van der Waals surface area contributed by atoms with Gasteiger partial charge in [-0.15, -0.1) is 0 Å². The van der Waals surface area contributed by atoms with Crippen molar-refractivity contribution in [2.24, 2.45) is 11.7 Å². The van der Waals surface area contributed by atoms with E-state index in [9.17, 15) is 4.79 Å². The smallest absolute Gasteiger partial charge is 0.252 e. The summed E-state index contributed by atoms with van der Waals surface area (Å²) in [4.78, 5) is 11.3. The first kappa shape index (κ1) is 12.2. The van der Waals surface area contributed by atoms with Crippen LogP contribution in [0.4, 0.5) is 5.69 Å². The number of nitrogens with one attached hydrogen (secondary N) is 2. The third-order valence-corrected chi connectivity index (χ3v) is 3.32. The van der Waals surface area contributed by atoms with E-state index in [1.165, 1.54) is 0 Å². The van der Waals surface area contributed by atoms with Crippen molar-refractivity contribution in [3.05, 3.63) is 28.8 Å². The van der Waals surface area contributed by atoms with Crippen LogP contribution in [-0.2, 0) is 0 Å². The van der Waals surface area contributed by atoms with E-state index in [2.05, 4.69) is 10.6 Å². The van der Waals surface area contributed by atoms with E-state index in [-0.39, 0.29) is 0 Å². The van der Waals surface area contributed by atoms with Gasteiger partial charge in [0, 0.05) is 12.2 Å². The Morgan fingerprint density at radius 1 is 1.59 bits per heavy atom. The largest absolute Gasteiger partial charge is 0.384 e. The molecule has 0 bridgehead atoms. The monoisotopic (exact) mass is 253 g/mol. The Balaban J connectivity index is 2.09. The highest BCUT2D eigenvalue weighted by Gasteiger charge is 2.16. The average molecular weight is 254 g/mol. The van der Waals surface area contributed by atoms with Gasteiger partial charge in [0.1, 0.15) is 0 Å². The molecule has 2 rings (SSSR count). The zero-order chi connectivity index (χ0) is 12.3. The van der Waals surface area contributed by atoms with Crippen molar-refractivity contribution in [1.82, 2.24) is 5.32 Å². The molecular weight excluding hydrogens is 238 g/mol. The fourth-order valence-corrected chi connectivity index (χ4v) is 2.33. The summed E-state index contributed by atoms with van der Waals surface area (Å²) in [5, 5.41) is 6.95. The highest BCUT2D eigenvalue weighted by atomic mass is 35.5. The average Bonchev–Trinajstić information content (AvgIpc) is 2.78. The molecule has 4 N–H and O–H groups in total. The maximum atomic E-state index is 11.3. The van der Waals surface area contributed by atoms with Crippen LogP contribution in [0.1, 0.15) is 16.8 Å². The van der Waals surface area contributed by atoms with Crippen molar-refractivity contribution < 1.29 is 4.79 Å². The SMILES string of the molecule is NC(=O)c1c(Cl)cccc1NCC1CCNC1. The zero-order valence-electron chi connectivity index (χ0n) is 9.50. The maximum absolute atomic E-state index is 11.3. The number of carbonyl (C=O) groups is 1. The van der Waals surface area contributed by atoms with Gasteiger partial charge in [-0.05, 0) is 37.6 Å². The van der Waals surface area contributed by atoms with E-state index < -0.39 is 5.91 Å². The Hall–Kier alpha value is -1.26. The van der Waals surface area contributed by atoms with Gasteiger partial charge in [-0.3, -0.25) is 4.79 Å². The van der Waals surface area contributed by atoms with Gasteiger partial charge in [-0.1, -0.05) is 17.7 Å². The van der Waals surface area contributed by atoms with Crippen LogP contribution in [0.3, 0.4) is 0 Å². The molecule has 1 fully saturated rings. The molecule has 17 heavy (non-hydrogen) atoms. The first-order chi connectivity index (χ1) is 8.18. The molecular formula is C12H16ClN3O. The Morgan fingerprint density at radius 2 is 2.41 bits per heavy atom. The lowest BCUT2D eigenvalue weighted by atomic mass is 10.1. The highest BCUT2D eigenvalue weighted by molar-refractivity contribution is 6.34. The second-order valence-electron chi connectivity index (χ2n) is 4.27. The fourth-order valence-electron chi connectivity index (χ4n) is 2.06. The molecule has 5 heteroatoms. The number of rotatable bonds is 4. The highest BCUT2D eigenvalue weighted by Crippen LogP contribution is 2.24. The molecule has 1 unspecified atom stereocenters. The van der Waals surface area contributed by atoms with Crippen molar-refractivity contribution in [3.8, 4) is 0 Å². The Morgan fingerprint density at radius 3 is 3.06 bits per heavy atom. The normalized spacial score (nSPS) is 19.2. The first-order valence-corrected chi connectivity index (χ1v) is 6.09. The molecule has 0 spiro atoms. The Labute approximate surface area is 106 Å². The van der Waals surface area contributed by atoms with Gasteiger partial charge < -0.3 is 16.4 Å². The van der Waals surface area contributed by atoms with Crippen molar-refractivity contribution in [3.63, 3.8) is 0 Å². The summed E-state index contributed by atoms with van der Waals surface area (Å²) in [7, 11) is 0. The molecule has 1 aliphatic heterocycles. The van der Waals surface area contributed by atoms with E-state index in [1.807, 2.05) is 12.1 Å². The second-order valence-corrected chi connectivity index (χ2v) is 4.67. The number of anilines is 1. The minimum absolute atomic E-state index is 0.375. The number of amides is 1. The number of hydrogen-bond donors (Lipinski definition) is 3. The van der Waals surface area contributed by atoms with Gasteiger partial charge in [-0.25, -0.2) is 0 Å². The molecule has 92 valence electrons. The Kier molecular flexibility index (Phi) is 3.86. The number of hydrogen-bond acceptors (Lipinski definition) is 3. The summed E-state index contributed by atoms with van der Waals surface area (Å²) < 4.78 is 0. The van der Waals surface area contributed by atoms with Crippen LogP contribution in [0.15, 0.2) is 18.2 Å². The van der Waals surface area contributed by atoms with Crippen LogP contribution >= 0.6 is 11.6 Å². The maximum Gasteiger partial charge on any atom is 0.252 e. The van der Waals surface area contributed by atoms with Crippen molar-refractivity contribution >= 4 is 23.2 Å². The molecule has 0 radical (unpaired) electrons. The summed E-state index contributed by atoms with van der Waals surface area (Å²) in [6.45, 7) is 2.90. The van der Waals surface area contributed by atoms with E-state index in [4.69, 9.17) is 17.3 Å². The zero-order valence-corrected chi connectivity index (χ0v) is 10.3. The third kappa shape index (κ3) is 2.90.